The van der Waals surface area contributed by atoms with Crippen LogP contribution in [0.5, 0.6) is 11.5 Å². The van der Waals surface area contributed by atoms with Crippen molar-refractivity contribution >= 4 is 5.91 Å². The van der Waals surface area contributed by atoms with Crippen LogP contribution >= 0.6 is 0 Å². The molecule has 0 atom stereocenters. The second-order valence-corrected chi connectivity index (χ2v) is 4.04. The first-order valence-corrected chi connectivity index (χ1v) is 5.71. The van der Waals surface area contributed by atoms with Crippen LogP contribution in [0.25, 0.3) is 0 Å². The Kier molecular flexibility index (Phi) is 3.65. The SMILES string of the molecule is Cn1cnc(CCNC(=O)c2ccc(O)cc2O)n1. The topological polar surface area (TPSA) is 100 Å². The summed E-state index contributed by atoms with van der Waals surface area (Å²) in [5, 5.41) is 25.4. The Bertz CT molecular complexity index is 594. The molecule has 1 heterocycles. The first-order valence-electron chi connectivity index (χ1n) is 5.71. The predicted molar refractivity (Wildman–Crippen MR) is 66.8 cm³/mol. The fraction of sp³-hybridized carbons (Fsp3) is 0.250. The zero-order valence-corrected chi connectivity index (χ0v) is 10.4. The van der Waals surface area contributed by atoms with E-state index in [1.165, 1.54) is 12.1 Å². The Labute approximate surface area is 109 Å². The standard InChI is InChI=1S/C12H14N4O3/c1-16-7-14-11(15-16)4-5-13-12(19)9-3-2-8(17)6-10(9)18/h2-3,6-7,17-18H,4-5H2,1H3,(H,13,19). The van der Waals surface area contributed by atoms with Crippen molar-refractivity contribution in [3.05, 3.63) is 35.9 Å². The maximum absolute atomic E-state index is 11.8. The van der Waals surface area contributed by atoms with Gasteiger partial charge in [-0.25, -0.2) is 4.98 Å². The molecule has 1 aromatic heterocycles. The summed E-state index contributed by atoms with van der Waals surface area (Å²) < 4.78 is 1.59. The monoisotopic (exact) mass is 262 g/mol. The third-order valence-corrected chi connectivity index (χ3v) is 2.51. The van der Waals surface area contributed by atoms with Crippen molar-refractivity contribution < 1.29 is 15.0 Å². The van der Waals surface area contributed by atoms with Gasteiger partial charge < -0.3 is 15.5 Å². The number of aryl methyl sites for hydroxylation is 1. The molecule has 0 aliphatic heterocycles. The number of carbonyl (C=O) groups is 1. The van der Waals surface area contributed by atoms with Crippen LogP contribution in [0.1, 0.15) is 16.2 Å². The minimum atomic E-state index is -0.409. The third kappa shape index (κ3) is 3.21. The zero-order chi connectivity index (χ0) is 13.8. The molecule has 2 aromatic rings. The van der Waals surface area contributed by atoms with Gasteiger partial charge >= 0.3 is 0 Å². The average Bonchev–Trinajstić information content (AvgIpc) is 2.75. The van der Waals surface area contributed by atoms with Gasteiger partial charge in [0.05, 0.1) is 5.56 Å². The molecular formula is C12H14N4O3. The molecule has 7 heteroatoms. The first-order chi connectivity index (χ1) is 9.06. The van der Waals surface area contributed by atoms with Crippen LogP contribution in [0.4, 0.5) is 0 Å². The predicted octanol–water partition coefficient (Wildman–Crippen LogP) is 0.199. The van der Waals surface area contributed by atoms with Crippen LogP contribution in [0.2, 0.25) is 0 Å². The maximum atomic E-state index is 11.8. The number of benzene rings is 1. The molecule has 0 aliphatic rings. The zero-order valence-electron chi connectivity index (χ0n) is 10.4. The number of phenols is 2. The van der Waals surface area contributed by atoms with Crippen molar-refractivity contribution in [3.8, 4) is 11.5 Å². The smallest absolute Gasteiger partial charge is 0.255 e. The van der Waals surface area contributed by atoms with Gasteiger partial charge in [-0.1, -0.05) is 0 Å². The summed E-state index contributed by atoms with van der Waals surface area (Å²) in [6.07, 6.45) is 2.09. The molecule has 0 fully saturated rings. The van der Waals surface area contributed by atoms with Crippen molar-refractivity contribution in [1.82, 2.24) is 20.1 Å². The van der Waals surface area contributed by atoms with E-state index in [0.29, 0.717) is 18.8 Å². The van der Waals surface area contributed by atoms with Crippen LogP contribution in [0.15, 0.2) is 24.5 Å². The normalized spacial score (nSPS) is 10.4. The second-order valence-electron chi connectivity index (χ2n) is 4.04. The lowest BCUT2D eigenvalue weighted by Crippen LogP contribution is -2.26. The first kappa shape index (κ1) is 12.9. The quantitative estimate of drug-likeness (QED) is 0.730. The summed E-state index contributed by atoms with van der Waals surface area (Å²) in [7, 11) is 1.77. The molecule has 3 N–H and O–H groups in total. The Morgan fingerprint density at radius 1 is 1.42 bits per heavy atom. The molecular weight excluding hydrogens is 248 g/mol. The van der Waals surface area contributed by atoms with E-state index in [0.717, 1.165) is 6.07 Å². The van der Waals surface area contributed by atoms with E-state index in [4.69, 9.17) is 5.11 Å². The summed E-state index contributed by atoms with van der Waals surface area (Å²) in [4.78, 5) is 15.8. The number of nitrogens with one attached hydrogen (secondary N) is 1. The molecule has 0 spiro atoms. The third-order valence-electron chi connectivity index (χ3n) is 2.51. The number of aromatic nitrogens is 3. The van der Waals surface area contributed by atoms with E-state index in [9.17, 15) is 9.90 Å². The van der Waals surface area contributed by atoms with E-state index in [-0.39, 0.29) is 17.1 Å². The van der Waals surface area contributed by atoms with Crippen molar-refractivity contribution in [2.24, 2.45) is 7.05 Å². The molecule has 7 nitrogen and oxygen atoms in total. The van der Waals surface area contributed by atoms with E-state index in [1.807, 2.05) is 0 Å². The van der Waals surface area contributed by atoms with Gasteiger partial charge in [0.15, 0.2) is 5.82 Å². The highest BCUT2D eigenvalue weighted by Crippen LogP contribution is 2.22. The maximum Gasteiger partial charge on any atom is 0.255 e. The molecule has 0 aliphatic carbocycles. The number of hydrogen-bond donors (Lipinski definition) is 3. The highest BCUT2D eigenvalue weighted by molar-refractivity contribution is 5.96. The number of nitrogens with zero attached hydrogens (tertiary/aromatic N) is 3. The number of aromatic hydroxyl groups is 2. The molecule has 0 saturated carbocycles. The molecule has 0 bridgehead atoms. The Morgan fingerprint density at radius 2 is 2.21 bits per heavy atom. The van der Waals surface area contributed by atoms with Crippen LogP contribution in [0.3, 0.4) is 0 Å². The van der Waals surface area contributed by atoms with Gasteiger partial charge in [-0.05, 0) is 12.1 Å². The molecule has 1 aromatic carbocycles. The number of hydrogen-bond acceptors (Lipinski definition) is 5. The molecule has 0 unspecified atom stereocenters. The molecule has 100 valence electrons. The number of phenolic OH excluding ortho intramolecular Hbond substituents is 2. The highest BCUT2D eigenvalue weighted by atomic mass is 16.3. The van der Waals surface area contributed by atoms with Crippen LogP contribution in [-0.4, -0.2) is 37.4 Å². The second kappa shape index (κ2) is 5.38. The molecule has 0 saturated heterocycles. The fourth-order valence-electron chi connectivity index (χ4n) is 1.59. The summed E-state index contributed by atoms with van der Waals surface area (Å²) in [5.74, 6) is -0.119. The van der Waals surface area contributed by atoms with Crippen LogP contribution in [-0.2, 0) is 13.5 Å². The van der Waals surface area contributed by atoms with Crippen molar-refractivity contribution in [2.75, 3.05) is 6.54 Å². The number of amides is 1. The van der Waals surface area contributed by atoms with Crippen LogP contribution < -0.4 is 5.32 Å². The van der Waals surface area contributed by atoms with Gasteiger partial charge in [0.25, 0.3) is 5.91 Å². The van der Waals surface area contributed by atoms with E-state index < -0.39 is 5.91 Å². The summed E-state index contributed by atoms with van der Waals surface area (Å²) in [5.41, 5.74) is 0.117. The largest absolute Gasteiger partial charge is 0.508 e. The molecule has 2 rings (SSSR count). The minimum absolute atomic E-state index is 0.0910. The highest BCUT2D eigenvalue weighted by Gasteiger charge is 2.11. The Morgan fingerprint density at radius 3 is 2.84 bits per heavy atom. The van der Waals surface area contributed by atoms with E-state index >= 15 is 0 Å². The lowest BCUT2D eigenvalue weighted by Gasteiger charge is -2.06. The van der Waals surface area contributed by atoms with Crippen LogP contribution in [0, 0.1) is 0 Å². The summed E-state index contributed by atoms with van der Waals surface area (Å²) >= 11 is 0. The van der Waals surface area contributed by atoms with Gasteiger partial charge in [0.1, 0.15) is 17.8 Å². The van der Waals surface area contributed by atoms with E-state index in [2.05, 4.69) is 15.4 Å². The van der Waals surface area contributed by atoms with Gasteiger partial charge in [-0.2, -0.15) is 5.10 Å². The van der Waals surface area contributed by atoms with Crippen molar-refractivity contribution in [3.63, 3.8) is 0 Å². The van der Waals surface area contributed by atoms with Gasteiger partial charge in [0.2, 0.25) is 0 Å². The number of rotatable bonds is 4. The molecule has 1 amide bonds. The van der Waals surface area contributed by atoms with Crippen molar-refractivity contribution in [1.29, 1.82) is 0 Å². The summed E-state index contributed by atoms with van der Waals surface area (Å²) in [6.45, 7) is 0.364. The van der Waals surface area contributed by atoms with Crippen molar-refractivity contribution in [2.45, 2.75) is 6.42 Å². The van der Waals surface area contributed by atoms with Gasteiger partial charge in [0, 0.05) is 26.1 Å². The Hall–Kier alpha value is -2.57. The molecule has 19 heavy (non-hydrogen) atoms. The summed E-state index contributed by atoms with van der Waals surface area (Å²) in [6, 6.07) is 3.82. The fourth-order valence-corrected chi connectivity index (χ4v) is 1.59. The lowest BCUT2D eigenvalue weighted by atomic mass is 10.2. The lowest BCUT2D eigenvalue weighted by molar-refractivity contribution is 0.0951. The molecule has 0 radical (unpaired) electrons. The van der Waals surface area contributed by atoms with Gasteiger partial charge in [-0.15, -0.1) is 0 Å². The van der Waals surface area contributed by atoms with Gasteiger partial charge in [-0.3, -0.25) is 9.48 Å². The minimum Gasteiger partial charge on any atom is -0.508 e. The Balaban J connectivity index is 1.90. The average molecular weight is 262 g/mol. The van der Waals surface area contributed by atoms with E-state index in [1.54, 1.807) is 18.1 Å². The number of carbonyl (C=O) groups excluding carboxylic acids is 1.